The van der Waals surface area contributed by atoms with Crippen LogP contribution in [0.2, 0.25) is 0 Å². The van der Waals surface area contributed by atoms with Crippen molar-refractivity contribution in [1.82, 2.24) is 20.5 Å². The topological polar surface area (TPSA) is 52.5 Å². The molecule has 1 aromatic rings. The molecule has 2 heterocycles. The summed E-state index contributed by atoms with van der Waals surface area (Å²) in [7, 11) is 0. The Labute approximate surface area is 180 Å². The Kier molecular flexibility index (Phi) is 11.7. The first-order valence-corrected chi connectivity index (χ1v) is 10.6. The largest absolute Gasteiger partial charge is 0.357 e. The van der Waals surface area contributed by atoms with Gasteiger partial charge in [0.2, 0.25) is 0 Å². The van der Waals surface area contributed by atoms with E-state index in [9.17, 15) is 0 Å². The number of guanidine groups is 1. The van der Waals surface area contributed by atoms with Crippen molar-refractivity contribution in [1.29, 1.82) is 0 Å². The fourth-order valence-corrected chi connectivity index (χ4v) is 4.14. The SMILES string of the molecule is CCCN1CCC(CN=C(NCC)NCCc2nc(C)c(C)s2)CC1.I. The van der Waals surface area contributed by atoms with E-state index in [-0.39, 0.29) is 24.0 Å². The summed E-state index contributed by atoms with van der Waals surface area (Å²) in [5.74, 6) is 1.68. The van der Waals surface area contributed by atoms with E-state index in [1.165, 1.54) is 48.8 Å². The van der Waals surface area contributed by atoms with Crippen LogP contribution < -0.4 is 10.6 Å². The van der Waals surface area contributed by atoms with E-state index in [4.69, 9.17) is 4.99 Å². The Balaban J connectivity index is 0.00000338. The normalized spacial score (nSPS) is 16.4. The van der Waals surface area contributed by atoms with Gasteiger partial charge in [0.25, 0.3) is 0 Å². The second-order valence-corrected chi connectivity index (χ2v) is 8.22. The van der Waals surface area contributed by atoms with Crippen LogP contribution in [0.3, 0.4) is 0 Å². The molecule has 0 unspecified atom stereocenters. The second-order valence-electron chi connectivity index (χ2n) is 6.93. The summed E-state index contributed by atoms with van der Waals surface area (Å²) in [4.78, 5) is 13.3. The first-order valence-electron chi connectivity index (χ1n) is 9.79. The van der Waals surface area contributed by atoms with Gasteiger partial charge in [0.1, 0.15) is 0 Å². The molecule has 2 rings (SSSR count). The number of hydrogen-bond donors (Lipinski definition) is 2. The van der Waals surface area contributed by atoms with Gasteiger partial charge >= 0.3 is 0 Å². The first-order chi connectivity index (χ1) is 12.1. The smallest absolute Gasteiger partial charge is 0.191 e. The molecule has 0 aromatic carbocycles. The number of aromatic nitrogens is 1. The van der Waals surface area contributed by atoms with Crippen LogP contribution in [0.1, 0.15) is 48.7 Å². The van der Waals surface area contributed by atoms with E-state index in [0.717, 1.165) is 43.6 Å². The lowest BCUT2D eigenvalue weighted by Gasteiger charge is -2.31. The Morgan fingerprint density at radius 3 is 2.54 bits per heavy atom. The Morgan fingerprint density at radius 1 is 1.23 bits per heavy atom. The molecular formula is C19H36IN5S. The Hall–Kier alpha value is -0.410. The molecule has 0 atom stereocenters. The second kappa shape index (κ2) is 12.9. The Bertz CT molecular complexity index is 519. The third-order valence-electron chi connectivity index (χ3n) is 4.80. The molecule has 2 N–H and O–H groups in total. The standard InChI is InChI=1S/C19H35N5S.HI/c1-5-11-24-12-8-17(9-13-24)14-22-19(20-6-2)21-10-7-18-23-15(3)16(4)25-18;/h17H,5-14H2,1-4H3,(H2,20,21,22);1H. The molecule has 1 aromatic heterocycles. The van der Waals surface area contributed by atoms with Gasteiger partial charge in [0, 0.05) is 30.9 Å². The van der Waals surface area contributed by atoms with Gasteiger partial charge in [-0.25, -0.2) is 4.98 Å². The molecule has 1 aliphatic rings. The van der Waals surface area contributed by atoms with Crippen molar-refractivity contribution >= 4 is 41.3 Å². The van der Waals surface area contributed by atoms with Gasteiger partial charge in [-0.2, -0.15) is 0 Å². The monoisotopic (exact) mass is 493 g/mol. The van der Waals surface area contributed by atoms with Gasteiger partial charge in [-0.3, -0.25) is 4.99 Å². The number of aryl methyl sites for hydroxylation is 2. The van der Waals surface area contributed by atoms with Crippen LogP contribution in [0.4, 0.5) is 0 Å². The number of rotatable bonds is 8. The van der Waals surface area contributed by atoms with Crippen LogP contribution in [0.5, 0.6) is 0 Å². The number of nitrogens with zero attached hydrogens (tertiary/aromatic N) is 3. The van der Waals surface area contributed by atoms with Gasteiger partial charge in [-0.05, 0) is 65.6 Å². The molecule has 5 nitrogen and oxygen atoms in total. The minimum absolute atomic E-state index is 0. The summed E-state index contributed by atoms with van der Waals surface area (Å²) in [6.45, 7) is 15.0. The molecule has 0 spiro atoms. The zero-order valence-electron chi connectivity index (χ0n) is 16.8. The molecule has 0 aliphatic carbocycles. The van der Waals surface area contributed by atoms with Crippen molar-refractivity contribution in [3.63, 3.8) is 0 Å². The lowest BCUT2D eigenvalue weighted by atomic mass is 9.97. The number of hydrogen-bond acceptors (Lipinski definition) is 4. The van der Waals surface area contributed by atoms with E-state index in [2.05, 4.69) is 48.2 Å². The fourth-order valence-electron chi connectivity index (χ4n) is 3.20. The maximum absolute atomic E-state index is 4.82. The molecule has 7 heteroatoms. The summed E-state index contributed by atoms with van der Waals surface area (Å²) in [5, 5.41) is 8.04. The molecule has 150 valence electrons. The van der Waals surface area contributed by atoms with Crippen molar-refractivity contribution in [2.45, 2.75) is 53.4 Å². The molecule has 26 heavy (non-hydrogen) atoms. The summed E-state index contributed by atoms with van der Waals surface area (Å²) < 4.78 is 0. The average Bonchev–Trinajstić information content (AvgIpc) is 2.92. The summed E-state index contributed by atoms with van der Waals surface area (Å²) >= 11 is 1.80. The quantitative estimate of drug-likeness (QED) is 0.330. The zero-order chi connectivity index (χ0) is 18.1. The van der Waals surface area contributed by atoms with Crippen molar-refractivity contribution in [2.24, 2.45) is 10.9 Å². The highest BCUT2D eigenvalue weighted by Gasteiger charge is 2.18. The van der Waals surface area contributed by atoms with Crippen LogP contribution in [0.15, 0.2) is 4.99 Å². The van der Waals surface area contributed by atoms with Gasteiger partial charge in [-0.15, -0.1) is 35.3 Å². The highest BCUT2D eigenvalue weighted by molar-refractivity contribution is 14.0. The molecule has 1 aliphatic heterocycles. The van der Waals surface area contributed by atoms with Crippen LogP contribution in [-0.4, -0.2) is 55.1 Å². The molecule has 0 bridgehead atoms. The first kappa shape index (κ1) is 23.6. The van der Waals surface area contributed by atoms with E-state index in [1.807, 2.05) is 0 Å². The van der Waals surface area contributed by atoms with Crippen molar-refractivity contribution in [2.75, 3.05) is 39.3 Å². The van der Waals surface area contributed by atoms with Crippen molar-refractivity contribution in [3.8, 4) is 0 Å². The van der Waals surface area contributed by atoms with E-state index >= 15 is 0 Å². The maximum atomic E-state index is 4.82. The van der Waals surface area contributed by atoms with Crippen LogP contribution in [-0.2, 0) is 6.42 Å². The fraction of sp³-hybridized carbons (Fsp3) is 0.789. The highest BCUT2D eigenvalue weighted by atomic mass is 127. The lowest BCUT2D eigenvalue weighted by molar-refractivity contribution is 0.188. The van der Waals surface area contributed by atoms with E-state index in [0.29, 0.717) is 0 Å². The summed E-state index contributed by atoms with van der Waals surface area (Å²) in [6.07, 6.45) is 4.77. The number of likely N-dealkylation sites (tertiary alicyclic amines) is 1. The molecule has 0 radical (unpaired) electrons. The molecular weight excluding hydrogens is 457 g/mol. The number of aliphatic imine (C=N–C) groups is 1. The summed E-state index contributed by atoms with van der Waals surface area (Å²) in [6, 6.07) is 0. The van der Waals surface area contributed by atoms with E-state index < -0.39 is 0 Å². The van der Waals surface area contributed by atoms with Crippen LogP contribution in [0.25, 0.3) is 0 Å². The van der Waals surface area contributed by atoms with Gasteiger partial charge in [-0.1, -0.05) is 6.92 Å². The maximum Gasteiger partial charge on any atom is 0.191 e. The highest BCUT2D eigenvalue weighted by Crippen LogP contribution is 2.18. The van der Waals surface area contributed by atoms with Gasteiger partial charge in [0.05, 0.1) is 10.7 Å². The molecule has 0 saturated carbocycles. The van der Waals surface area contributed by atoms with Crippen LogP contribution >= 0.6 is 35.3 Å². The minimum atomic E-state index is 0. The Morgan fingerprint density at radius 2 is 1.96 bits per heavy atom. The van der Waals surface area contributed by atoms with Gasteiger partial charge < -0.3 is 15.5 Å². The summed E-state index contributed by atoms with van der Waals surface area (Å²) in [5.41, 5.74) is 1.16. The predicted octanol–water partition coefficient (Wildman–Crippen LogP) is 3.60. The molecule has 0 amide bonds. The number of nitrogens with one attached hydrogen (secondary N) is 2. The third kappa shape index (κ3) is 8.08. The predicted molar refractivity (Wildman–Crippen MR) is 124 cm³/mol. The number of piperidine rings is 1. The lowest BCUT2D eigenvalue weighted by Crippen LogP contribution is -2.39. The molecule has 1 fully saturated rings. The van der Waals surface area contributed by atoms with Crippen molar-refractivity contribution in [3.05, 3.63) is 15.6 Å². The molecule has 1 saturated heterocycles. The van der Waals surface area contributed by atoms with Gasteiger partial charge in [0.15, 0.2) is 5.96 Å². The number of thiazole rings is 1. The number of halogens is 1. The van der Waals surface area contributed by atoms with Crippen molar-refractivity contribution < 1.29 is 0 Å². The third-order valence-corrected chi connectivity index (χ3v) is 5.94. The van der Waals surface area contributed by atoms with E-state index in [1.54, 1.807) is 11.3 Å². The minimum Gasteiger partial charge on any atom is -0.357 e. The average molecular weight is 494 g/mol. The van der Waals surface area contributed by atoms with Crippen LogP contribution in [0, 0.1) is 19.8 Å². The zero-order valence-corrected chi connectivity index (χ0v) is 20.0.